The molecule has 114 valence electrons. The topological polar surface area (TPSA) is 15.3 Å². The number of rotatable bonds is 6. The minimum absolute atomic E-state index is 0.716. The summed E-state index contributed by atoms with van der Waals surface area (Å²) in [7, 11) is 2.26. The summed E-state index contributed by atoms with van der Waals surface area (Å²) in [4.78, 5) is 3.94. The van der Waals surface area contributed by atoms with Crippen molar-refractivity contribution in [1.29, 1.82) is 0 Å². The highest BCUT2D eigenvalue weighted by atomic mass is 79.9. The van der Waals surface area contributed by atoms with E-state index in [1.54, 1.807) is 0 Å². The molecule has 0 bridgehead atoms. The van der Waals surface area contributed by atoms with Crippen LogP contribution in [0.4, 0.5) is 0 Å². The average Bonchev–Trinajstić information content (AvgIpc) is 2.78. The molecule has 20 heavy (non-hydrogen) atoms. The van der Waals surface area contributed by atoms with Crippen molar-refractivity contribution in [1.82, 2.24) is 10.2 Å². The van der Waals surface area contributed by atoms with Gasteiger partial charge in [0.15, 0.2) is 0 Å². The lowest BCUT2D eigenvalue weighted by Crippen LogP contribution is -2.44. The molecule has 1 fully saturated rings. The molecule has 1 aromatic heterocycles. The van der Waals surface area contributed by atoms with Crippen LogP contribution in [-0.4, -0.2) is 31.1 Å². The van der Waals surface area contributed by atoms with E-state index in [2.05, 4.69) is 58.5 Å². The van der Waals surface area contributed by atoms with E-state index < -0.39 is 0 Å². The number of halogens is 1. The van der Waals surface area contributed by atoms with Gasteiger partial charge in [-0.3, -0.25) is 0 Å². The van der Waals surface area contributed by atoms with Gasteiger partial charge in [-0.25, -0.2) is 0 Å². The van der Waals surface area contributed by atoms with Gasteiger partial charge in [0.2, 0.25) is 0 Å². The predicted octanol–water partition coefficient (Wildman–Crippen LogP) is 4.36. The van der Waals surface area contributed by atoms with Crippen molar-refractivity contribution in [2.45, 2.75) is 45.7 Å². The maximum atomic E-state index is 3.70. The van der Waals surface area contributed by atoms with Crippen molar-refractivity contribution < 1.29 is 0 Å². The van der Waals surface area contributed by atoms with Gasteiger partial charge in [0.05, 0.1) is 0 Å². The van der Waals surface area contributed by atoms with Crippen molar-refractivity contribution in [2.75, 3.05) is 20.1 Å². The summed E-state index contributed by atoms with van der Waals surface area (Å²) in [6.07, 6.45) is 4.10. The lowest BCUT2D eigenvalue weighted by atomic mass is 9.78. The van der Waals surface area contributed by atoms with Crippen LogP contribution >= 0.6 is 27.3 Å². The molecule has 0 aliphatic heterocycles. The molecule has 2 nitrogen and oxygen atoms in total. The third-order valence-corrected chi connectivity index (χ3v) is 5.99. The van der Waals surface area contributed by atoms with Crippen molar-refractivity contribution in [3.63, 3.8) is 0 Å². The monoisotopic (exact) mass is 358 g/mol. The third-order valence-electron chi connectivity index (χ3n) is 4.30. The summed E-state index contributed by atoms with van der Waals surface area (Å²) < 4.78 is 1.21. The van der Waals surface area contributed by atoms with Crippen LogP contribution in [0.3, 0.4) is 0 Å². The Labute approximate surface area is 136 Å². The van der Waals surface area contributed by atoms with Gasteiger partial charge < -0.3 is 10.2 Å². The Hall–Kier alpha value is 0.1000. The molecular formula is C16H27BrN2S. The molecule has 1 saturated carbocycles. The second-order valence-electron chi connectivity index (χ2n) is 6.27. The highest BCUT2D eigenvalue weighted by molar-refractivity contribution is 9.10. The van der Waals surface area contributed by atoms with Gasteiger partial charge in [0.25, 0.3) is 0 Å². The van der Waals surface area contributed by atoms with Crippen LogP contribution < -0.4 is 5.32 Å². The van der Waals surface area contributed by atoms with Crippen LogP contribution in [0.25, 0.3) is 0 Å². The summed E-state index contributed by atoms with van der Waals surface area (Å²) in [6, 6.07) is 2.96. The van der Waals surface area contributed by atoms with Crippen molar-refractivity contribution in [2.24, 2.45) is 11.8 Å². The van der Waals surface area contributed by atoms with Crippen LogP contribution in [0, 0.1) is 11.8 Å². The van der Waals surface area contributed by atoms with Crippen LogP contribution in [0.15, 0.2) is 15.9 Å². The SMILES string of the molecule is CCNC1CCC(C)CC1CN(C)Cc1cc(Br)cs1. The fourth-order valence-corrected chi connectivity index (χ4v) is 4.93. The van der Waals surface area contributed by atoms with Gasteiger partial charge in [0.1, 0.15) is 0 Å². The van der Waals surface area contributed by atoms with E-state index in [-0.39, 0.29) is 0 Å². The Balaban J connectivity index is 1.88. The van der Waals surface area contributed by atoms with Gasteiger partial charge in [-0.1, -0.05) is 13.8 Å². The number of thiophene rings is 1. The number of nitrogens with one attached hydrogen (secondary N) is 1. The Kier molecular flexibility index (Phi) is 6.53. The summed E-state index contributed by atoms with van der Waals surface area (Å²) in [5.74, 6) is 1.69. The third kappa shape index (κ3) is 4.83. The van der Waals surface area contributed by atoms with Gasteiger partial charge in [-0.2, -0.15) is 0 Å². The second kappa shape index (κ2) is 7.92. The molecule has 4 heteroatoms. The van der Waals surface area contributed by atoms with Gasteiger partial charge in [-0.15, -0.1) is 11.3 Å². The Morgan fingerprint density at radius 3 is 2.90 bits per heavy atom. The lowest BCUT2D eigenvalue weighted by molar-refractivity contribution is 0.159. The fraction of sp³-hybridized carbons (Fsp3) is 0.750. The van der Waals surface area contributed by atoms with E-state index in [1.165, 1.54) is 35.2 Å². The van der Waals surface area contributed by atoms with E-state index in [0.29, 0.717) is 6.04 Å². The lowest BCUT2D eigenvalue weighted by Gasteiger charge is -2.37. The molecule has 0 spiro atoms. The molecule has 0 amide bonds. The summed E-state index contributed by atoms with van der Waals surface area (Å²) in [6.45, 7) is 8.00. The smallest absolute Gasteiger partial charge is 0.0325 e. The number of hydrogen-bond donors (Lipinski definition) is 1. The normalized spacial score (nSPS) is 27.1. The number of hydrogen-bond acceptors (Lipinski definition) is 3. The first-order valence-electron chi connectivity index (χ1n) is 7.73. The average molecular weight is 359 g/mol. The van der Waals surface area contributed by atoms with Crippen LogP contribution in [0.2, 0.25) is 0 Å². The summed E-state index contributed by atoms with van der Waals surface area (Å²) in [5.41, 5.74) is 0. The van der Waals surface area contributed by atoms with Gasteiger partial charge >= 0.3 is 0 Å². The molecule has 1 N–H and O–H groups in total. The molecular weight excluding hydrogens is 332 g/mol. The second-order valence-corrected chi connectivity index (χ2v) is 8.18. The Bertz CT molecular complexity index is 407. The molecule has 0 radical (unpaired) electrons. The first-order valence-corrected chi connectivity index (χ1v) is 9.40. The quantitative estimate of drug-likeness (QED) is 0.812. The molecule has 3 unspecified atom stereocenters. The highest BCUT2D eigenvalue weighted by Gasteiger charge is 2.28. The molecule has 0 saturated heterocycles. The van der Waals surface area contributed by atoms with Crippen molar-refractivity contribution in [3.8, 4) is 0 Å². The molecule has 1 heterocycles. The molecule has 2 rings (SSSR count). The van der Waals surface area contributed by atoms with E-state index in [1.807, 2.05) is 11.3 Å². The van der Waals surface area contributed by atoms with E-state index in [4.69, 9.17) is 0 Å². The Morgan fingerprint density at radius 1 is 1.45 bits per heavy atom. The highest BCUT2D eigenvalue weighted by Crippen LogP contribution is 2.30. The van der Waals surface area contributed by atoms with Gasteiger partial charge in [-0.05, 0) is 66.7 Å². The van der Waals surface area contributed by atoms with E-state index in [0.717, 1.165) is 24.9 Å². The standard InChI is InChI=1S/C16H27BrN2S/c1-4-18-16-6-5-12(2)7-13(16)9-19(3)10-15-8-14(17)11-20-15/h8,11-13,16,18H,4-7,9-10H2,1-3H3. The minimum atomic E-state index is 0.716. The van der Waals surface area contributed by atoms with Crippen LogP contribution in [0.1, 0.15) is 38.0 Å². The Morgan fingerprint density at radius 2 is 2.25 bits per heavy atom. The fourth-order valence-electron chi connectivity index (χ4n) is 3.40. The zero-order valence-electron chi connectivity index (χ0n) is 12.9. The maximum absolute atomic E-state index is 3.70. The minimum Gasteiger partial charge on any atom is -0.314 e. The van der Waals surface area contributed by atoms with E-state index in [9.17, 15) is 0 Å². The van der Waals surface area contributed by atoms with E-state index >= 15 is 0 Å². The maximum Gasteiger partial charge on any atom is 0.0325 e. The first kappa shape index (κ1) is 16.5. The van der Waals surface area contributed by atoms with Gasteiger partial charge in [0, 0.05) is 33.9 Å². The number of nitrogens with zero attached hydrogens (tertiary/aromatic N) is 1. The zero-order valence-corrected chi connectivity index (χ0v) is 15.3. The molecule has 1 aromatic rings. The zero-order chi connectivity index (χ0) is 14.5. The molecule has 1 aliphatic carbocycles. The molecule has 0 aromatic carbocycles. The van der Waals surface area contributed by atoms with Crippen molar-refractivity contribution in [3.05, 3.63) is 20.8 Å². The largest absolute Gasteiger partial charge is 0.314 e. The van der Waals surface area contributed by atoms with Crippen LogP contribution in [0.5, 0.6) is 0 Å². The molecule has 3 atom stereocenters. The summed E-state index contributed by atoms with van der Waals surface area (Å²) >= 11 is 5.39. The van der Waals surface area contributed by atoms with Crippen molar-refractivity contribution >= 4 is 27.3 Å². The summed E-state index contributed by atoms with van der Waals surface area (Å²) in [5, 5.41) is 5.87. The first-order chi connectivity index (χ1) is 9.58. The van der Waals surface area contributed by atoms with Crippen LogP contribution in [-0.2, 0) is 6.54 Å². The predicted molar refractivity (Wildman–Crippen MR) is 92.3 cm³/mol. The molecule has 1 aliphatic rings.